The van der Waals surface area contributed by atoms with Crippen LogP contribution >= 0.6 is 11.6 Å². The molecule has 7 nitrogen and oxygen atoms in total. The number of hydrogen-bond donors (Lipinski definition) is 3. The van der Waals surface area contributed by atoms with Crippen molar-refractivity contribution in [2.75, 3.05) is 44.0 Å². The van der Waals surface area contributed by atoms with Crippen molar-refractivity contribution in [1.82, 2.24) is 10.6 Å². The van der Waals surface area contributed by atoms with E-state index in [-0.39, 0.29) is 11.9 Å². The first kappa shape index (κ1) is 22.7. The van der Waals surface area contributed by atoms with Crippen LogP contribution in [0.1, 0.15) is 18.4 Å². The molecular formula is C23H30ClN5O2. The second-order valence-electron chi connectivity index (χ2n) is 7.53. The molecule has 166 valence electrons. The Morgan fingerprint density at radius 1 is 1.29 bits per heavy atom. The van der Waals surface area contributed by atoms with Crippen LogP contribution in [0, 0.1) is 6.92 Å². The summed E-state index contributed by atoms with van der Waals surface area (Å²) in [4.78, 5) is 18.8. The molecular weight excluding hydrogens is 414 g/mol. The summed E-state index contributed by atoms with van der Waals surface area (Å²) in [5.74, 6) is 1.47. The van der Waals surface area contributed by atoms with Crippen LogP contribution in [0.3, 0.4) is 0 Å². The topological polar surface area (TPSA) is 78.0 Å². The molecule has 0 radical (unpaired) electrons. The van der Waals surface area contributed by atoms with Crippen LogP contribution in [-0.2, 0) is 4.79 Å². The van der Waals surface area contributed by atoms with Crippen molar-refractivity contribution in [1.29, 1.82) is 0 Å². The Kier molecular flexibility index (Phi) is 8.00. The number of ether oxygens (including phenoxy) is 1. The van der Waals surface area contributed by atoms with Crippen LogP contribution in [0.5, 0.6) is 5.75 Å². The highest BCUT2D eigenvalue weighted by atomic mass is 35.5. The number of carbonyl (C=O) groups excluding carboxylic acids is 1. The average molecular weight is 444 g/mol. The lowest BCUT2D eigenvalue weighted by molar-refractivity contribution is -0.116. The van der Waals surface area contributed by atoms with E-state index in [0.717, 1.165) is 36.5 Å². The number of methoxy groups -OCH3 is 1. The van der Waals surface area contributed by atoms with Crippen molar-refractivity contribution in [3.63, 3.8) is 0 Å². The Labute approximate surface area is 188 Å². The molecule has 2 aromatic rings. The smallest absolute Gasteiger partial charge is 0.226 e. The number of nitrogens with zero attached hydrogens (tertiary/aromatic N) is 2. The summed E-state index contributed by atoms with van der Waals surface area (Å²) < 4.78 is 5.48. The number of rotatable bonds is 7. The fourth-order valence-corrected chi connectivity index (χ4v) is 3.89. The van der Waals surface area contributed by atoms with Gasteiger partial charge in [0.05, 0.1) is 23.5 Å². The molecule has 1 aliphatic rings. The van der Waals surface area contributed by atoms with Gasteiger partial charge < -0.3 is 25.6 Å². The van der Waals surface area contributed by atoms with Crippen molar-refractivity contribution in [2.24, 2.45) is 4.99 Å². The Morgan fingerprint density at radius 3 is 2.84 bits per heavy atom. The van der Waals surface area contributed by atoms with Gasteiger partial charge >= 0.3 is 0 Å². The third kappa shape index (κ3) is 6.28. The molecule has 1 unspecified atom stereocenters. The number of para-hydroxylation sites is 2. The Balaban J connectivity index is 1.44. The second-order valence-corrected chi connectivity index (χ2v) is 7.94. The molecule has 0 aromatic heterocycles. The van der Waals surface area contributed by atoms with Gasteiger partial charge in [-0.2, -0.15) is 0 Å². The molecule has 31 heavy (non-hydrogen) atoms. The van der Waals surface area contributed by atoms with Crippen LogP contribution in [0.25, 0.3) is 0 Å². The maximum atomic E-state index is 12.2. The summed E-state index contributed by atoms with van der Waals surface area (Å²) in [5, 5.41) is 10.0. The first-order valence-corrected chi connectivity index (χ1v) is 10.8. The lowest BCUT2D eigenvalue weighted by Crippen LogP contribution is -2.45. The van der Waals surface area contributed by atoms with Crippen molar-refractivity contribution < 1.29 is 9.53 Å². The summed E-state index contributed by atoms with van der Waals surface area (Å²) in [6, 6.07) is 13.9. The standard InChI is InChI=1S/C23H30ClN5O2/c1-16-8-9-19(18(24)14-16)28-22(30)10-12-26-23(25-2)27-17-11-13-29(15-17)20-6-4-5-7-21(20)31-3/h4-9,14,17H,10-13,15H2,1-3H3,(H,28,30)(H2,25,26,27). The van der Waals surface area contributed by atoms with E-state index < -0.39 is 0 Å². The van der Waals surface area contributed by atoms with Crippen molar-refractivity contribution in [3.8, 4) is 5.75 Å². The van der Waals surface area contributed by atoms with E-state index >= 15 is 0 Å². The highest BCUT2D eigenvalue weighted by molar-refractivity contribution is 6.33. The maximum Gasteiger partial charge on any atom is 0.226 e. The summed E-state index contributed by atoms with van der Waals surface area (Å²) >= 11 is 6.18. The predicted octanol–water partition coefficient (Wildman–Crippen LogP) is 3.43. The first-order valence-electron chi connectivity index (χ1n) is 10.4. The van der Waals surface area contributed by atoms with Crippen molar-refractivity contribution >= 4 is 34.8 Å². The minimum atomic E-state index is -0.100. The van der Waals surface area contributed by atoms with Crippen LogP contribution < -0.4 is 25.6 Å². The summed E-state index contributed by atoms with van der Waals surface area (Å²) in [5.41, 5.74) is 2.78. The lowest BCUT2D eigenvalue weighted by Gasteiger charge is -2.22. The van der Waals surface area contributed by atoms with E-state index in [1.807, 2.05) is 43.3 Å². The molecule has 0 spiro atoms. The van der Waals surface area contributed by atoms with E-state index in [0.29, 0.717) is 29.6 Å². The number of nitrogens with one attached hydrogen (secondary N) is 3. The van der Waals surface area contributed by atoms with E-state index in [1.54, 1.807) is 14.2 Å². The lowest BCUT2D eigenvalue weighted by atomic mass is 10.2. The molecule has 0 bridgehead atoms. The number of guanidine groups is 1. The van der Waals surface area contributed by atoms with Gasteiger partial charge in [0.15, 0.2) is 5.96 Å². The molecule has 2 aromatic carbocycles. The second kappa shape index (κ2) is 10.9. The largest absolute Gasteiger partial charge is 0.495 e. The Hall–Kier alpha value is -2.93. The van der Waals surface area contributed by atoms with E-state index in [1.165, 1.54) is 0 Å². The number of anilines is 2. The number of carbonyl (C=O) groups is 1. The quantitative estimate of drug-likeness (QED) is 0.451. The number of aryl methyl sites for hydroxylation is 1. The molecule has 1 heterocycles. The summed E-state index contributed by atoms with van der Waals surface area (Å²) in [7, 11) is 3.42. The first-order chi connectivity index (χ1) is 15.0. The molecule has 1 amide bonds. The third-order valence-electron chi connectivity index (χ3n) is 5.22. The van der Waals surface area contributed by atoms with Gasteiger partial charge in [-0.15, -0.1) is 0 Å². The zero-order chi connectivity index (χ0) is 22.2. The Bertz CT molecular complexity index is 934. The monoisotopic (exact) mass is 443 g/mol. The number of benzene rings is 2. The van der Waals surface area contributed by atoms with Crippen molar-refractivity contribution in [2.45, 2.75) is 25.8 Å². The molecule has 0 saturated carbocycles. The molecule has 3 N–H and O–H groups in total. The summed E-state index contributed by atoms with van der Waals surface area (Å²) in [6.45, 7) is 4.22. The molecule has 8 heteroatoms. The highest BCUT2D eigenvalue weighted by Gasteiger charge is 2.25. The molecule has 3 rings (SSSR count). The minimum absolute atomic E-state index is 0.100. The molecule has 1 atom stereocenters. The van der Waals surface area contributed by atoms with Gasteiger partial charge in [-0.3, -0.25) is 9.79 Å². The van der Waals surface area contributed by atoms with E-state index in [4.69, 9.17) is 16.3 Å². The van der Waals surface area contributed by atoms with Crippen LogP contribution in [0.2, 0.25) is 5.02 Å². The third-order valence-corrected chi connectivity index (χ3v) is 5.53. The SMILES string of the molecule is CN=C(NCCC(=O)Nc1ccc(C)cc1Cl)NC1CCN(c2ccccc2OC)C1. The van der Waals surface area contributed by atoms with Crippen LogP contribution in [-0.4, -0.2) is 51.7 Å². The number of hydrogen-bond acceptors (Lipinski definition) is 4. The van der Waals surface area contributed by atoms with Gasteiger partial charge in [-0.25, -0.2) is 0 Å². The molecule has 1 aliphatic heterocycles. The molecule has 1 fully saturated rings. The summed E-state index contributed by atoms with van der Waals surface area (Å²) in [6.07, 6.45) is 1.30. The fourth-order valence-electron chi connectivity index (χ4n) is 3.60. The van der Waals surface area contributed by atoms with Crippen LogP contribution in [0.4, 0.5) is 11.4 Å². The minimum Gasteiger partial charge on any atom is -0.495 e. The number of aliphatic imine (C=N–C) groups is 1. The normalized spacial score (nSPS) is 16.2. The molecule has 1 saturated heterocycles. The van der Waals surface area contributed by atoms with Gasteiger partial charge in [-0.1, -0.05) is 29.8 Å². The van der Waals surface area contributed by atoms with Gasteiger partial charge in [-0.05, 0) is 43.2 Å². The maximum absolute atomic E-state index is 12.2. The predicted molar refractivity (Wildman–Crippen MR) is 128 cm³/mol. The van der Waals surface area contributed by atoms with Gasteiger partial charge in [0.1, 0.15) is 5.75 Å². The van der Waals surface area contributed by atoms with Gasteiger partial charge in [0.2, 0.25) is 5.91 Å². The van der Waals surface area contributed by atoms with E-state index in [9.17, 15) is 4.79 Å². The number of amides is 1. The van der Waals surface area contributed by atoms with E-state index in [2.05, 4.69) is 31.9 Å². The zero-order valence-corrected chi connectivity index (χ0v) is 19.0. The fraction of sp³-hybridized carbons (Fsp3) is 0.391. The highest BCUT2D eigenvalue weighted by Crippen LogP contribution is 2.30. The van der Waals surface area contributed by atoms with Crippen LogP contribution in [0.15, 0.2) is 47.5 Å². The van der Waals surface area contributed by atoms with Gasteiger partial charge in [0.25, 0.3) is 0 Å². The number of halogens is 1. The Morgan fingerprint density at radius 2 is 2.10 bits per heavy atom. The van der Waals surface area contributed by atoms with Crippen molar-refractivity contribution in [3.05, 3.63) is 53.1 Å². The average Bonchev–Trinajstić information content (AvgIpc) is 3.23. The van der Waals surface area contributed by atoms with Gasteiger partial charge in [0, 0.05) is 39.1 Å². The zero-order valence-electron chi connectivity index (χ0n) is 18.2. The molecule has 0 aliphatic carbocycles.